The highest BCUT2D eigenvalue weighted by Gasteiger charge is 2.48. The van der Waals surface area contributed by atoms with Gasteiger partial charge in [-0.1, -0.05) is 6.92 Å². The molecule has 0 aromatic heterocycles. The van der Waals surface area contributed by atoms with E-state index in [2.05, 4.69) is 10.6 Å². The lowest BCUT2D eigenvalue weighted by Gasteiger charge is -2.46. The predicted octanol–water partition coefficient (Wildman–Crippen LogP) is -3.64. The van der Waals surface area contributed by atoms with Gasteiger partial charge in [0.1, 0.15) is 36.3 Å². The summed E-state index contributed by atoms with van der Waals surface area (Å²) in [6.45, 7) is 2.17. The lowest BCUT2D eigenvalue weighted by Crippen LogP contribution is -2.66. The summed E-state index contributed by atoms with van der Waals surface area (Å²) in [5, 5.41) is 55.7. The summed E-state index contributed by atoms with van der Waals surface area (Å²) in [6.07, 6.45) is -4.68. The fourth-order valence-corrected chi connectivity index (χ4v) is 4.84. The van der Waals surface area contributed by atoms with Crippen LogP contribution >= 0.6 is 0 Å². The molecule has 1 amide bonds. The molecule has 0 aromatic carbocycles. The number of carbonyl (C=O) groups is 1. The Morgan fingerprint density at radius 1 is 1.24 bits per heavy atom. The quantitative estimate of drug-likeness (QED) is 0.115. The summed E-state index contributed by atoms with van der Waals surface area (Å²) in [5.74, 6) is -0.00689. The number of allylic oxidation sites excluding steroid dienone is 1. The van der Waals surface area contributed by atoms with Gasteiger partial charge in [0.05, 0.1) is 31.9 Å². The molecule has 0 bridgehead atoms. The molecule has 1 saturated heterocycles. The smallest absolute Gasteiger partial charge is 0.250 e. The fourth-order valence-electron chi connectivity index (χ4n) is 4.84. The minimum atomic E-state index is -1.44. The first-order valence-corrected chi connectivity index (χ1v) is 13.2. The summed E-state index contributed by atoms with van der Waals surface area (Å²) in [4.78, 5) is 12.4. The Hall–Kier alpha value is -1.43. The third-order valence-electron chi connectivity index (χ3n) is 6.92. The minimum Gasteiger partial charge on any atom is -0.468 e. The molecule has 38 heavy (non-hydrogen) atoms. The molecule has 14 heteroatoms. The van der Waals surface area contributed by atoms with E-state index < -0.39 is 67.2 Å². The second kappa shape index (κ2) is 14.8. The number of aliphatic hydroxyl groups is 5. The Balaban J connectivity index is 1.67. The molecule has 1 saturated carbocycles. The van der Waals surface area contributed by atoms with Crippen LogP contribution < -0.4 is 22.1 Å². The summed E-state index contributed by atoms with van der Waals surface area (Å²) >= 11 is 0. The maximum absolute atomic E-state index is 12.4. The zero-order valence-corrected chi connectivity index (χ0v) is 21.7. The third-order valence-corrected chi connectivity index (χ3v) is 6.92. The van der Waals surface area contributed by atoms with Gasteiger partial charge in [0.25, 0.3) is 0 Å². The van der Waals surface area contributed by atoms with Gasteiger partial charge in [0.15, 0.2) is 12.6 Å². The normalized spacial score (nSPS) is 37.6. The highest BCUT2D eigenvalue weighted by atomic mass is 16.7. The van der Waals surface area contributed by atoms with Gasteiger partial charge in [-0.15, -0.1) is 0 Å². The van der Waals surface area contributed by atoms with Crippen molar-refractivity contribution in [2.75, 3.05) is 32.8 Å². The predicted molar refractivity (Wildman–Crippen MR) is 133 cm³/mol. The van der Waals surface area contributed by atoms with Crippen LogP contribution in [0, 0.1) is 5.92 Å². The molecule has 0 radical (unpaired) electrons. The Kier molecular flexibility index (Phi) is 12.1. The van der Waals surface area contributed by atoms with Crippen LogP contribution in [0.5, 0.6) is 0 Å². The molecule has 11 N–H and O–H groups in total. The van der Waals surface area contributed by atoms with Crippen LogP contribution in [0.3, 0.4) is 0 Å². The standard InChI is InChI=1S/C24H44N4O10/c1-12-5-17(31)24(35-11-12)38-22-16(28-23(34)18(32)7-25)6-15(26)21(20(22)33)37-19-4-2-3-14(36-19)9-27-8-13(30)10-29/h3,12-13,15-22,24,27,29-33H,2,4-11,25-26H2,1H3,(H,28,34)/t12-,13?,15-,16+,17+,18+,19+,20-,21+,22-,24+/m0/s1. The van der Waals surface area contributed by atoms with Gasteiger partial charge in [-0.25, -0.2) is 0 Å². The first-order chi connectivity index (χ1) is 18.1. The molecule has 2 aliphatic heterocycles. The largest absolute Gasteiger partial charge is 0.468 e. The number of rotatable bonds is 12. The van der Waals surface area contributed by atoms with E-state index in [0.29, 0.717) is 38.2 Å². The third kappa shape index (κ3) is 8.53. The molecular formula is C24H44N4O10. The van der Waals surface area contributed by atoms with Crippen LogP contribution in [0.4, 0.5) is 0 Å². The number of nitrogens with two attached hydrogens (primary N) is 2. The number of carbonyl (C=O) groups excluding carboxylic acids is 1. The Morgan fingerprint density at radius 3 is 2.68 bits per heavy atom. The van der Waals surface area contributed by atoms with Crippen molar-refractivity contribution in [2.24, 2.45) is 17.4 Å². The topological polar surface area (TPSA) is 231 Å². The first kappa shape index (κ1) is 31.1. The molecule has 11 atom stereocenters. The summed E-state index contributed by atoms with van der Waals surface area (Å²) in [5.41, 5.74) is 11.8. The molecule has 3 aliphatic rings. The average Bonchev–Trinajstić information content (AvgIpc) is 2.89. The number of amides is 1. The van der Waals surface area contributed by atoms with Crippen molar-refractivity contribution in [3.8, 4) is 0 Å². The number of nitrogens with one attached hydrogen (secondary N) is 2. The molecule has 2 heterocycles. The van der Waals surface area contributed by atoms with Crippen molar-refractivity contribution in [1.29, 1.82) is 0 Å². The molecule has 0 aromatic rings. The van der Waals surface area contributed by atoms with Crippen molar-refractivity contribution in [1.82, 2.24) is 10.6 Å². The molecule has 14 nitrogen and oxygen atoms in total. The van der Waals surface area contributed by atoms with Gasteiger partial charge < -0.3 is 66.6 Å². The number of hydrogen-bond acceptors (Lipinski definition) is 13. The monoisotopic (exact) mass is 548 g/mol. The lowest BCUT2D eigenvalue weighted by molar-refractivity contribution is -0.282. The Bertz CT molecular complexity index is 776. The van der Waals surface area contributed by atoms with Gasteiger partial charge in [0.2, 0.25) is 5.91 Å². The van der Waals surface area contributed by atoms with E-state index in [4.69, 9.17) is 35.5 Å². The van der Waals surface area contributed by atoms with Crippen LogP contribution in [-0.4, -0.2) is 126 Å². The van der Waals surface area contributed by atoms with E-state index in [1.54, 1.807) is 0 Å². The molecular weight excluding hydrogens is 504 g/mol. The second-order valence-corrected chi connectivity index (χ2v) is 10.3. The Labute approximate surface area is 222 Å². The van der Waals surface area contributed by atoms with E-state index in [-0.39, 0.29) is 32.0 Å². The molecule has 2 fully saturated rings. The van der Waals surface area contributed by atoms with Gasteiger partial charge in [0, 0.05) is 25.6 Å². The number of aliphatic hydroxyl groups excluding tert-OH is 5. The van der Waals surface area contributed by atoms with E-state index >= 15 is 0 Å². The van der Waals surface area contributed by atoms with Crippen LogP contribution in [0.2, 0.25) is 0 Å². The van der Waals surface area contributed by atoms with Crippen molar-refractivity contribution in [2.45, 2.75) is 93.9 Å². The molecule has 0 spiro atoms. The SMILES string of the molecule is C[C@@H]1CO[C@H](O[C@@H]2[C@@H](O)[C@H](O[C@@H]3CCC=C(CNCC(O)CO)O3)[C@@H](N)C[C@H]2NC(=O)[C@H](O)CN)[C@H](O)C1. The van der Waals surface area contributed by atoms with E-state index in [9.17, 15) is 25.2 Å². The van der Waals surface area contributed by atoms with Crippen molar-refractivity contribution in [3.63, 3.8) is 0 Å². The number of hydrogen-bond donors (Lipinski definition) is 9. The molecule has 1 aliphatic carbocycles. The first-order valence-electron chi connectivity index (χ1n) is 13.2. The Morgan fingerprint density at radius 2 is 2.00 bits per heavy atom. The van der Waals surface area contributed by atoms with Crippen LogP contribution in [0.25, 0.3) is 0 Å². The zero-order valence-electron chi connectivity index (χ0n) is 21.7. The average molecular weight is 549 g/mol. The van der Waals surface area contributed by atoms with E-state index in [1.165, 1.54) is 0 Å². The fraction of sp³-hybridized carbons (Fsp3) is 0.875. The molecule has 220 valence electrons. The van der Waals surface area contributed by atoms with Crippen molar-refractivity contribution < 1.29 is 49.3 Å². The number of ether oxygens (including phenoxy) is 4. The van der Waals surface area contributed by atoms with Crippen molar-refractivity contribution >= 4 is 5.91 Å². The summed E-state index contributed by atoms with van der Waals surface area (Å²) < 4.78 is 23.7. The van der Waals surface area contributed by atoms with Gasteiger partial charge in [-0.3, -0.25) is 4.79 Å². The van der Waals surface area contributed by atoms with Gasteiger partial charge >= 0.3 is 0 Å². The van der Waals surface area contributed by atoms with Crippen molar-refractivity contribution in [3.05, 3.63) is 11.8 Å². The maximum atomic E-state index is 12.4. The summed E-state index contributed by atoms with van der Waals surface area (Å²) in [6, 6.07) is -1.54. The molecule has 1 unspecified atom stereocenters. The van der Waals surface area contributed by atoms with Crippen LogP contribution in [0.15, 0.2) is 11.8 Å². The van der Waals surface area contributed by atoms with Gasteiger partial charge in [-0.05, 0) is 31.3 Å². The highest BCUT2D eigenvalue weighted by molar-refractivity contribution is 5.81. The van der Waals surface area contributed by atoms with Crippen LogP contribution in [0.1, 0.15) is 32.6 Å². The maximum Gasteiger partial charge on any atom is 0.250 e. The highest BCUT2D eigenvalue weighted by Crippen LogP contribution is 2.31. The second-order valence-electron chi connectivity index (χ2n) is 10.3. The summed E-state index contributed by atoms with van der Waals surface area (Å²) in [7, 11) is 0. The zero-order chi connectivity index (χ0) is 27.8. The van der Waals surface area contributed by atoms with Gasteiger partial charge in [-0.2, -0.15) is 0 Å². The minimum absolute atomic E-state index is 0.132. The lowest BCUT2D eigenvalue weighted by atomic mass is 9.83. The van der Waals surface area contributed by atoms with E-state index in [1.807, 2.05) is 13.0 Å². The van der Waals surface area contributed by atoms with Crippen LogP contribution in [-0.2, 0) is 23.7 Å². The van der Waals surface area contributed by atoms with E-state index in [0.717, 1.165) is 0 Å². The molecule has 3 rings (SSSR count).